The zero-order valence-electron chi connectivity index (χ0n) is 18.2. The number of primary amides is 1. The molecule has 1 aliphatic heterocycles. The van der Waals surface area contributed by atoms with Gasteiger partial charge in [0, 0.05) is 17.9 Å². The highest BCUT2D eigenvalue weighted by molar-refractivity contribution is 6.17. The van der Waals surface area contributed by atoms with Crippen molar-refractivity contribution in [3.63, 3.8) is 0 Å². The first-order valence-electron chi connectivity index (χ1n) is 10.5. The number of Topliss-reactive ketones (excluding diaryl/α,β-unsaturated/α-hetero) is 1. The van der Waals surface area contributed by atoms with Crippen molar-refractivity contribution < 1.29 is 28.5 Å². The summed E-state index contributed by atoms with van der Waals surface area (Å²) in [5, 5.41) is 2.79. The summed E-state index contributed by atoms with van der Waals surface area (Å²) in [4.78, 5) is 24.1. The summed E-state index contributed by atoms with van der Waals surface area (Å²) >= 11 is 5.91. The first-order valence-corrected chi connectivity index (χ1v) is 11.1. The van der Waals surface area contributed by atoms with Gasteiger partial charge in [-0.15, -0.1) is 11.6 Å². The molecule has 3 rings (SSSR count). The van der Waals surface area contributed by atoms with Crippen molar-refractivity contribution >= 4 is 23.4 Å². The molecule has 1 aromatic carbocycles. The SMILES string of the molecule is COc1ccc(OC)c2c1C[C@H](C(C)=O)O[C@H]2OC1(NC(N)=O)CCC(CCCl)CC1. The predicted octanol–water partition coefficient (Wildman–Crippen LogP) is 3.43. The summed E-state index contributed by atoms with van der Waals surface area (Å²) in [7, 11) is 3.13. The van der Waals surface area contributed by atoms with Crippen LogP contribution in [0.5, 0.6) is 11.5 Å². The average molecular weight is 455 g/mol. The molecule has 0 aromatic heterocycles. The largest absolute Gasteiger partial charge is 0.496 e. The number of nitrogens with one attached hydrogen (secondary N) is 1. The van der Waals surface area contributed by atoms with Crippen molar-refractivity contribution in [3.05, 3.63) is 23.3 Å². The summed E-state index contributed by atoms with van der Waals surface area (Å²) < 4.78 is 23.6. The Labute approximate surface area is 187 Å². The smallest absolute Gasteiger partial charge is 0.314 e. The van der Waals surface area contributed by atoms with E-state index in [9.17, 15) is 9.59 Å². The van der Waals surface area contributed by atoms with E-state index in [0.717, 1.165) is 24.8 Å². The summed E-state index contributed by atoms with van der Waals surface area (Å²) in [6, 6.07) is 2.90. The number of benzene rings is 1. The summed E-state index contributed by atoms with van der Waals surface area (Å²) in [5.41, 5.74) is 5.93. The molecule has 9 heteroatoms. The number of rotatable bonds is 8. The molecule has 2 amide bonds. The van der Waals surface area contributed by atoms with Crippen LogP contribution < -0.4 is 20.5 Å². The Morgan fingerprint density at radius 2 is 1.87 bits per heavy atom. The van der Waals surface area contributed by atoms with Gasteiger partial charge in [0.15, 0.2) is 12.1 Å². The molecule has 2 atom stereocenters. The fourth-order valence-electron chi connectivity index (χ4n) is 4.53. The Morgan fingerprint density at radius 3 is 2.42 bits per heavy atom. The number of ether oxygens (including phenoxy) is 4. The van der Waals surface area contributed by atoms with E-state index in [4.69, 9.17) is 36.3 Å². The second kappa shape index (κ2) is 10.1. The van der Waals surface area contributed by atoms with Gasteiger partial charge >= 0.3 is 6.03 Å². The number of alkyl halides is 1. The van der Waals surface area contributed by atoms with E-state index in [-0.39, 0.29) is 5.78 Å². The van der Waals surface area contributed by atoms with Crippen LogP contribution in [0.15, 0.2) is 12.1 Å². The molecule has 2 aliphatic rings. The molecule has 0 bridgehead atoms. The van der Waals surface area contributed by atoms with E-state index in [0.29, 0.717) is 48.1 Å². The number of hydrogen-bond donors (Lipinski definition) is 2. The normalized spacial score (nSPS) is 27.8. The van der Waals surface area contributed by atoms with Crippen LogP contribution in [0.4, 0.5) is 4.79 Å². The number of carbonyl (C=O) groups is 2. The maximum Gasteiger partial charge on any atom is 0.314 e. The van der Waals surface area contributed by atoms with Gasteiger partial charge in [-0.25, -0.2) is 4.79 Å². The lowest BCUT2D eigenvalue weighted by atomic mass is 9.82. The lowest BCUT2D eigenvalue weighted by Crippen LogP contribution is -2.55. The van der Waals surface area contributed by atoms with Crippen LogP contribution in [0.1, 0.15) is 56.4 Å². The van der Waals surface area contributed by atoms with Gasteiger partial charge in [0.25, 0.3) is 0 Å². The molecule has 1 aromatic rings. The van der Waals surface area contributed by atoms with E-state index in [1.165, 1.54) is 6.92 Å². The first-order chi connectivity index (χ1) is 14.8. The van der Waals surface area contributed by atoms with Crippen molar-refractivity contribution in [1.82, 2.24) is 5.32 Å². The number of ketones is 1. The van der Waals surface area contributed by atoms with Gasteiger partial charge in [0.2, 0.25) is 0 Å². The van der Waals surface area contributed by atoms with Gasteiger partial charge in [0.05, 0.1) is 19.8 Å². The number of amides is 2. The van der Waals surface area contributed by atoms with Crippen molar-refractivity contribution in [2.24, 2.45) is 11.7 Å². The maximum atomic E-state index is 12.2. The molecule has 1 heterocycles. The molecular weight excluding hydrogens is 424 g/mol. The van der Waals surface area contributed by atoms with Gasteiger partial charge in [-0.05, 0) is 57.1 Å². The molecule has 0 saturated heterocycles. The lowest BCUT2D eigenvalue weighted by molar-refractivity contribution is -0.252. The van der Waals surface area contributed by atoms with Crippen LogP contribution in [-0.4, -0.2) is 43.7 Å². The Bertz CT molecular complexity index is 809. The third-order valence-corrected chi connectivity index (χ3v) is 6.41. The number of carbonyl (C=O) groups excluding carboxylic acids is 2. The summed E-state index contributed by atoms with van der Waals surface area (Å²) in [5.74, 6) is 2.13. The van der Waals surface area contributed by atoms with Gasteiger partial charge in [-0.1, -0.05) is 0 Å². The van der Waals surface area contributed by atoms with Crippen molar-refractivity contribution in [2.75, 3.05) is 20.1 Å². The van der Waals surface area contributed by atoms with Crippen LogP contribution in [0.3, 0.4) is 0 Å². The van der Waals surface area contributed by atoms with Crippen LogP contribution >= 0.6 is 11.6 Å². The Morgan fingerprint density at radius 1 is 1.23 bits per heavy atom. The molecule has 0 spiro atoms. The van der Waals surface area contributed by atoms with Crippen LogP contribution in [0, 0.1) is 5.92 Å². The number of nitrogens with two attached hydrogens (primary N) is 1. The molecule has 0 radical (unpaired) electrons. The molecular formula is C22H31ClN2O6. The monoisotopic (exact) mass is 454 g/mol. The minimum atomic E-state index is -1.01. The minimum absolute atomic E-state index is 0.119. The molecule has 3 N–H and O–H groups in total. The summed E-state index contributed by atoms with van der Waals surface area (Å²) in [6.45, 7) is 1.48. The molecule has 31 heavy (non-hydrogen) atoms. The van der Waals surface area contributed by atoms with E-state index in [1.54, 1.807) is 26.4 Å². The number of fused-ring (bicyclic) bond motifs is 1. The zero-order valence-corrected chi connectivity index (χ0v) is 19.0. The Hall–Kier alpha value is -2.03. The highest BCUT2D eigenvalue weighted by Gasteiger charge is 2.44. The first kappa shape index (κ1) is 23.6. The van der Waals surface area contributed by atoms with E-state index in [1.807, 2.05) is 0 Å². The molecule has 172 valence electrons. The quantitative estimate of drug-likeness (QED) is 0.460. The highest BCUT2D eigenvalue weighted by atomic mass is 35.5. The molecule has 1 saturated carbocycles. The topological polar surface area (TPSA) is 109 Å². The van der Waals surface area contributed by atoms with Crippen molar-refractivity contribution in [2.45, 2.75) is 63.6 Å². The Balaban J connectivity index is 1.98. The second-order valence-corrected chi connectivity index (χ2v) is 8.53. The number of urea groups is 1. The van der Waals surface area contributed by atoms with Crippen molar-refractivity contribution in [1.29, 1.82) is 0 Å². The van der Waals surface area contributed by atoms with Gasteiger partial charge < -0.3 is 30.0 Å². The fraction of sp³-hybridized carbons (Fsp3) is 0.636. The average Bonchev–Trinajstić information content (AvgIpc) is 2.74. The highest BCUT2D eigenvalue weighted by Crippen LogP contribution is 2.46. The van der Waals surface area contributed by atoms with Crippen molar-refractivity contribution in [3.8, 4) is 11.5 Å². The van der Waals surface area contributed by atoms with Crippen LogP contribution in [0.2, 0.25) is 0 Å². The third kappa shape index (κ3) is 5.25. The van der Waals surface area contributed by atoms with Gasteiger partial charge in [0.1, 0.15) is 23.3 Å². The predicted molar refractivity (Wildman–Crippen MR) is 115 cm³/mol. The second-order valence-electron chi connectivity index (χ2n) is 8.16. The lowest BCUT2D eigenvalue weighted by Gasteiger charge is -2.44. The van der Waals surface area contributed by atoms with E-state index in [2.05, 4.69) is 5.32 Å². The Kier molecular flexibility index (Phi) is 7.67. The molecule has 0 unspecified atom stereocenters. The molecule has 8 nitrogen and oxygen atoms in total. The number of methoxy groups -OCH3 is 2. The minimum Gasteiger partial charge on any atom is -0.496 e. The number of halogens is 1. The van der Waals surface area contributed by atoms with E-state index >= 15 is 0 Å². The standard InChI is InChI=1S/C22H31ClN2O6/c1-13(26)18-12-15-16(28-2)4-5-17(29-3)19(15)20(30-18)31-22(25-21(24)27)9-6-14(7-10-22)8-11-23/h4-5,14,18,20H,6-12H2,1-3H3,(H3,24,25,27)/t14?,18-,20+,22?/m1/s1. The van der Waals surface area contributed by atoms with E-state index < -0.39 is 24.2 Å². The molecule has 1 aliphatic carbocycles. The maximum absolute atomic E-state index is 12.2. The molecule has 1 fully saturated rings. The van der Waals surface area contributed by atoms with Crippen LogP contribution in [0.25, 0.3) is 0 Å². The number of hydrogen-bond acceptors (Lipinski definition) is 6. The van der Waals surface area contributed by atoms with Crippen LogP contribution in [-0.2, 0) is 20.7 Å². The van der Waals surface area contributed by atoms with Gasteiger partial charge in [-0.3, -0.25) is 4.79 Å². The third-order valence-electron chi connectivity index (χ3n) is 6.19. The summed E-state index contributed by atoms with van der Waals surface area (Å²) in [6.07, 6.45) is 2.41. The van der Waals surface area contributed by atoms with Gasteiger partial charge in [-0.2, -0.15) is 0 Å². The fourth-order valence-corrected chi connectivity index (χ4v) is 4.84. The zero-order chi connectivity index (χ0) is 22.6.